The van der Waals surface area contributed by atoms with Gasteiger partial charge in [-0.2, -0.15) is 0 Å². The second-order valence-corrected chi connectivity index (χ2v) is 4.05. The number of ether oxygens (including phenoxy) is 1. The maximum absolute atomic E-state index is 10.7. The van der Waals surface area contributed by atoms with Gasteiger partial charge in [0.15, 0.2) is 0 Å². The van der Waals surface area contributed by atoms with E-state index in [0.29, 0.717) is 0 Å². The smallest absolute Gasteiger partial charge is 0.307 e. The average molecular weight is 226 g/mol. The number of carboxylic acid groups (broad SMARTS) is 1. The SMILES string of the molecule is COc1cc(CC(=O)O)c(SC)cc1C. The van der Waals surface area contributed by atoms with Crippen molar-refractivity contribution in [2.24, 2.45) is 0 Å². The summed E-state index contributed by atoms with van der Waals surface area (Å²) in [6.07, 6.45) is 1.97. The van der Waals surface area contributed by atoms with Crippen molar-refractivity contribution in [3.8, 4) is 5.75 Å². The summed E-state index contributed by atoms with van der Waals surface area (Å²) in [5.41, 5.74) is 1.83. The van der Waals surface area contributed by atoms with Gasteiger partial charge in [-0.15, -0.1) is 11.8 Å². The summed E-state index contributed by atoms with van der Waals surface area (Å²) >= 11 is 1.55. The summed E-state index contributed by atoms with van der Waals surface area (Å²) in [4.78, 5) is 11.7. The van der Waals surface area contributed by atoms with Crippen molar-refractivity contribution in [3.63, 3.8) is 0 Å². The van der Waals surface area contributed by atoms with Crippen molar-refractivity contribution in [1.29, 1.82) is 0 Å². The molecule has 0 spiro atoms. The molecule has 0 saturated heterocycles. The first-order valence-corrected chi connectivity index (χ1v) is 5.74. The lowest BCUT2D eigenvalue weighted by Crippen LogP contribution is -2.02. The van der Waals surface area contributed by atoms with E-state index in [1.54, 1.807) is 24.9 Å². The van der Waals surface area contributed by atoms with Crippen LogP contribution in [0, 0.1) is 6.92 Å². The fraction of sp³-hybridized carbons (Fsp3) is 0.364. The molecule has 0 aromatic heterocycles. The summed E-state index contributed by atoms with van der Waals surface area (Å²) in [7, 11) is 1.59. The van der Waals surface area contributed by atoms with E-state index in [1.165, 1.54) is 0 Å². The maximum Gasteiger partial charge on any atom is 0.307 e. The summed E-state index contributed by atoms with van der Waals surface area (Å²) in [5.74, 6) is -0.0831. The van der Waals surface area contributed by atoms with E-state index in [2.05, 4.69) is 0 Å². The number of methoxy groups -OCH3 is 1. The molecule has 0 aliphatic rings. The zero-order valence-corrected chi connectivity index (χ0v) is 9.85. The highest BCUT2D eigenvalue weighted by Crippen LogP contribution is 2.28. The van der Waals surface area contributed by atoms with E-state index >= 15 is 0 Å². The van der Waals surface area contributed by atoms with E-state index in [4.69, 9.17) is 9.84 Å². The molecule has 4 heteroatoms. The number of rotatable bonds is 4. The van der Waals surface area contributed by atoms with Crippen molar-refractivity contribution < 1.29 is 14.6 Å². The Labute approximate surface area is 93.4 Å². The van der Waals surface area contributed by atoms with Gasteiger partial charge in [0.05, 0.1) is 13.5 Å². The van der Waals surface area contributed by atoms with Gasteiger partial charge in [0.1, 0.15) is 5.75 Å². The number of aliphatic carboxylic acids is 1. The Balaban J connectivity index is 3.16. The van der Waals surface area contributed by atoms with Gasteiger partial charge in [-0.05, 0) is 36.4 Å². The molecular weight excluding hydrogens is 212 g/mol. The number of hydrogen-bond donors (Lipinski definition) is 1. The van der Waals surface area contributed by atoms with Crippen molar-refractivity contribution in [2.45, 2.75) is 18.2 Å². The van der Waals surface area contributed by atoms with Gasteiger partial charge in [-0.25, -0.2) is 0 Å². The van der Waals surface area contributed by atoms with Crippen LogP contribution < -0.4 is 4.74 Å². The lowest BCUT2D eigenvalue weighted by molar-refractivity contribution is -0.136. The summed E-state index contributed by atoms with van der Waals surface area (Å²) in [6.45, 7) is 1.95. The highest BCUT2D eigenvalue weighted by Gasteiger charge is 2.10. The lowest BCUT2D eigenvalue weighted by Gasteiger charge is -2.10. The predicted octanol–water partition coefficient (Wildman–Crippen LogP) is 2.35. The number of hydrogen-bond acceptors (Lipinski definition) is 3. The second kappa shape index (κ2) is 5.07. The minimum atomic E-state index is -0.823. The van der Waals surface area contributed by atoms with Crippen LogP contribution >= 0.6 is 11.8 Å². The van der Waals surface area contributed by atoms with E-state index in [0.717, 1.165) is 21.8 Å². The zero-order valence-electron chi connectivity index (χ0n) is 9.03. The Kier molecular flexibility index (Phi) is 4.03. The van der Waals surface area contributed by atoms with Crippen LogP contribution in [-0.4, -0.2) is 24.4 Å². The van der Waals surface area contributed by atoms with E-state index in [-0.39, 0.29) is 6.42 Å². The molecule has 0 unspecified atom stereocenters. The van der Waals surface area contributed by atoms with Crippen LogP contribution in [0.15, 0.2) is 17.0 Å². The fourth-order valence-electron chi connectivity index (χ4n) is 1.41. The minimum Gasteiger partial charge on any atom is -0.496 e. The predicted molar refractivity (Wildman–Crippen MR) is 60.9 cm³/mol. The summed E-state index contributed by atoms with van der Waals surface area (Å²) in [5, 5.41) is 8.77. The lowest BCUT2D eigenvalue weighted by atomic mass is 10.1. The summed E-state index contributed by atoms with van der Waals surface area (Å²) in [6, 6.07) is 3.76. The average Bonchev–Trinajstić information content (AvgIpc) is 2.19. The van der Waals surface area contributed by atoms with Gasteiger partial charge in [0.25, 0.3) is 0 Å². The third-order valence-electron chi connectivity index (χ3n) is 2.14. The van der Waals surface area contributed by atoms with Gasteiger partial charge in [-0.3, -0.25) is 4.79 Å². The molecule has 0 aliphatic heterocycles. The molecule has 1 aromatic rings. The molecule has 0 bridgehead atoms. The molecule has 0 amide bonds. The first kappa shape index (κ1) is 11.9. The number of benzene rings is 1. The summed E-state index contributed by atoms with van der Waals surface area (Å²) < 4.78 is 5.16. The molecule has 82 valence electrons. The van der Waals surface area contributed by atoms with Crippen LogP contribution in [0.3, 0.4) is 0 Å². The molecule has 1 rings (SSSR count). The topological polar surface area (TPSA) is 46.5 Å². The Morgan fingerprint density at radius 2 is 2.20 bits per heavy atom. The minimum absolute atomic E-state index is 0.0345. The van der Waals surface area contributed by atoms with E-state index in [9.17, 15) is 4.79 Å². The molecule has 0 atom stereocenters. The number of carboxylic acids is 1. The second-order valence-electron chi connectivity index (χ2n) is 3.20. The standard InChI is InChI=1S/C11H14O3S/c1-7-4-10(15-3)8(6-11(12)13)5-9(7)14-2/h4-5H,6H2,1-3H3,(H,12,13). The number of thioether (sulfide) groups is 1. The quantitative estimate of drug-likeness (QED) is 0.800. The normalized spacial score (nSPS) is 10.1. The molecule has 0 radical (unpaired) electrons. The molecule has 0 heterocycles. The first-order valence-electron chi connectivity index (χ1n) is 4.51. The van der Waals surface area contributed by atoms with Crippen LogP contribution in [0.25, 0.3) is 0 Å². The molecule has 0 fully saturated rings. The van der Waals surface area contributed by atoms with Crippen molar-refractivity contribution in [2.75, 3.05) is 13.4 Å². The van der Waals surface area contributed by atoms with Gasteiger partial charge in [0.2, 0.25) is 0 Å². The van der Waals surface area contributed by atoms with Crippen molar-refractivity contribution >= 4 is 17.7 Å². The maximum atomic E-state index is 10.7. The highest BCUT2D eigenvalue weighted by atomic mass is 32.2. The van der Waals surface area contributed by atoms with Crippen LogP contribution in [0.1, 0.15) is 11.1 Å². The fourth-order valence-corrected chi connectivity index (χ4v) is 2.10. The number of carbonyl (C=O) groups is 1. The third-order valence-corrected chi connectivity index (χ3v) is 2.96. The highest BCUT2D eigenvalue weighted by molar-refractivity contribution is 7.98. The molecule has 0 aliphatic carbocycles. The molecule has 15 heavy (non-hydrogen) atoms. The Morgan fingerprint density at radius 1 is 1.53 bits per heavy atom. The van der Waals surface area contributed by atoms with Crippen LogP contribution in [0.2, 0.25) is 0 Å². The van der Waals surface area contributed by atoms with Gasteiger partial charge >= 0.3 is 5.97 Å². The molecule has 1 aromatic carbocycles. The monoisotopic (exact) mass is 226 g/mol. The van der Waals surface area contributed by atoms with Gasteiger partial charge in [0, 0.05) is 4.90 Å². The molecule has 1 N–H and O–H groups in total. The van der Waals surface area contributed by atoms with Crippen molar-refractivity contribution in [1.82, 2.24) is 0 Å². The third kappa shape index (κ3) is 2.89. The van der Waals surface area contributed by atoms with Crippen LogP contribution in [-0.2, 0) is 11.2 Å². The molecule has 3 nitrogen and oxygen atoms in total. The Hall–Kier alpha value is -1.16. The van der Waals surface area contributed by atoms with Gasteiger partial charge < -0.3 is 9.84 Å². The zero-order chi connectivity index (χ0) is 11.4. The van der Waals surface area contributed by atoms with Gasteiger partial charge in [-0.1, -0.05) is 0 Å². The Bertz CT molecular complexity index is 374. The van der Waals surface area contributed by atoms with Crippen molar-refractivity contribution in [3.05, 3.63) is 23.3 Å². The number of aryl methyl sites for hydroxylation is 1. The van der Waals surface area contributed by atoms with Crippen LogP contribution in [0.5, 0.6) is 5.75 Å². The van der Waals surface area contributed by atoms with E-state index < -0.39 is 5.97 Å². The van der Waals surface area contributed by atoms with E-state index in [1.807, 2.05) is 19.2 Å². The van der Waals surface area contributed by atoms with Crippen LogP contribution in [0.4, 0.5) is 0 Å². The largest absolute Gasteiger partial charge is 0.496 e. The molecular formula is C11H14O3S. The molecule has 0 saturated carbocycles. The first-order chi connectivity index (χ1) is 7.08. The Morgan fingerprint density at radius 3 is 2.67 bits per heavy atom.